The van der Waals surface area contributed by atoms with Gasteiger partial charge < -0.3 is 20.7 Å². The van der Waals surface area contributed by atoms with Gasteiger partial charge in [0.05, 0.1) is 12.2 Å². The van der Waals surface area contributed by atoms with Crippen LogP contribution in [-0.4, -0.2) is 41.2 Å². The molecule has 2 fully saturated rings. The fraction of sp³-hybridized carbons (Fsp3) is 1.00. The van der Waals surface area contributed by atoms with E-state index in [1.807, 2.05) is 0 Å². The number of hydrogen-bond acceptors (Lipinski definition) is 4. The number of fused-ring (bicyclic) bond motifs is 2. The van der Waals surface area contributed by atoms with Crippen molar-refractivity contribution >= 4 is 0 Å². The molecule has 5 atom stereocenters. The predicted molar refractivity (Wildman–Crippen MR) is 37.8 cm³/mol. The summed E-state index contributed by atoms with van der Waals surface area (Å²) in [5.74, 6) is 0.235. The summed E-state index contributed by atoms with van der Waals surface area (Å²) in [6.07, 6.45) is -1.02. The number of nitrogens with two attached hydrogens (primary N) is 1. The molecule has 0 radical (unpaired) electrons. The molecular formula is C7H13NO3. The van der Waals surface area contributed by atoms with Crippen LogP contribution < -0.4 is 5.73 Å². The molecule has 0 spiro atoms. The van der Waals surface area contributed by atoms with Gasteiger partial charge in [0.15, 0.2) is 0 Å². The van der Waals surface area contributed by atoms with Gasteiger partial charge >= 0.3 is 0 Å². The standard InChI is InChI=1S/C7H13NO3/c8-2-3-1-4-5(9)6(10)7(3)11-4/h3-7,9-10H,1-2,8H2. The van der Waals surface area contributed by atoms with Gasteiger partial charge in [0.2, 0.25) is 0 Å². The zero-order valence-corrected chi connectivity index (χ0v) is 6.18. The maximum absolute atomic E-state index is 9.36. The molecule has 5 unspecified atom stereocenters. The maximum atomic E-state index is 9.36. The first-order valence-corrected chi connectivity index (χ1v) is 3.95. The summed E-state index contributed by atoms with van der Waals surface area (Å²) in [4.78, 5) is 0. The van der Waals surface area contributed by atoms with Crippen molar-refractivity contribution in [3.8, 4) is 0 Å². The third-order valence-corrected chi connectivity index (χ3v) is 2.70. The Bertz CT molecular complexity index is 158. The molecule has 2 rings (SSSR count). The van der Waals surface area contributed by atoms with Crippen LogP contribution in [0, 0.1) is 5.92 Å². The highest BCUT2D eigenvalue weighted by atomic mass is 16.5. The Morgan fingerprint density at radius 2 is 2.09 bits per heavy atom. The largest absolute Gasteiger partial charge is 0.388 e. The Hall–Kier alpha value is -0.160. The molecule has 0 aromatic carbocycles. The van der Waals surface area contributed by atoms with Gasteiger partial charge in [0.1, 0.15) is 12.2 Å². The molecule has 4 heteroatoms. The average Bonchev–Trinajstić information content (AvgIpc) is 2.53. The van der Waals surface area contributed by atoms with Crippen molar-refractivity contribution < 1.29 is 14.9 Å². The van der Waals surface area contributed by atoms with Gasteiger partial charge in [0, 0.05) is 5.92 Å². The Morgan fingerprint density at radius 1 is 1.36 bits per heavy atom. The average molecular weight is 159 g/mol. The van der Waals surface area contributed by atoms with E-state index in [4.69, 9.17) is 10.5 Å². The van der Waals surface area contributed by atoms with Crippen molar-refractivity contribution in [3.63, 3.8) is 0 Å². The summed E-state index contributed by atoms with van der Waals surface area (Å²) in [5, 5.41) is 18.6. The number of hydrogen-bond donors (Lipinski definition) is 3. The van der Waals surface area contributed by atoms with E-state index < -0.39 is 12.2 Å². The first-order chi connectivity index (χ1) is 5.24. The topological polar surface area (TPSA) is 75.7 Å². The third-order valence-electron chi connectivity index (χ3n) is 2.70. The maximum Gasteiger partial charge on any atom is 0.109 e. The van der Waals surface area contributed by atoms with Gasteiger partial charge in [-0.2, -0.15) is 0 Å². The molecule has 0 aliphatic carbocycles. The molecule has 0 aromatic rings. The van der Waals surface area contributed by atoms with Crippen molar-refractivity contribution in [1.82, 2.24) is 0 Å². The first-order valence-electron chi connectivity index (χ1n) is 3.95. The summed E-state index contributed by atoms with van der Waals surface area (Å²) in [6, 6.07) is 0. The van der Waals surface area contributed by atoms with Crippen LogP contribution in [0.2, 0.25) is 0 Å². The van der Waals surface area contributed by atoms with E-state index >= 15 is 0 Å². The second-order valence-electron chi connectivity index (χ2n) is 3.35. The van der Waals surface area contributed by atoms with Crippen LogP contribution in [-0.2, 0) is 4.74 Å². The van der Waals surface area contributed by atoms with Crippen molar-refractivity contribution in [3.05, 3.63) is 0 Å². The van der Waals surface area contributed by atoms with Crippen LogP contribution in [0.15, 0.2) is 0 Å². The normalized spacial score (nSPS) is 55.4. The lowest BCUT2D eigenvalue weighted by atomic mass is 9.85. The molecule has 11 heavy (non-hydrogen) atoms. The summed E-state index contributed by atoms with van der Waals surface area (Å²) >= 11 is 0. The molecule has 4 nitrogen and oxygen atoms in total. The highest BCUT2D eigenvalue weighted by Gasteiger charge is 2.52. The summed E-state index contributed by atoms with van der Waals surface area (Å²) < 4.78 is 5.32. The molecule has 2 heterocycles. The zero-order chi connectivity index (χ0) is 8.01. The minimum atomic E-state index is -0.720. The van der Waals surface area contributed by atoms with Crippen LogP contribution in [0.3, 0.4) is 0 Å². The molecule has 2 saturated heterocycles. The molecule has 2 bridgehead atoms. The van der Waals surface area contributed by atoms with Gasteiger partial charge in [-0.1, -0.05) is 0 Å². The Labute approximate surface area is 65.0 Å². The SMILES string of the molecule is NCC1CC2OC1C(O)C2O. The molecule has 2 aliphatic heterocycles. The number of rotatable bonds is 1. The van der Waals surface area contributed by atoms with Crippen LogP contribution in [0.4, 0.5) is 0 Å². The molecule has 0 saturated carbocycles. The Morgan fingerprint density at radius 3 is 2.55 bits per heavy atom. The number of ether oxygens (including phenoxy) is 1. The summed E-state index contributed by atoms with van der Waals surface area (Å²) in [5.41, 5.74) is 5.46. The van der Waals surface area contributed by atoms with E-state index in [1.54, 1.807) is 0 Å². The van der Waals surface area contributed by atoms with Gasteiger partial charge in [-0.15, -0.1) is 0 Å². The smallest absolute Gasteiger partial charge is 0.109 e. The second-order valence-corrected chi connectivity index (χ2v) is 3.35. The van der Waals surface area contributed by atoms with E-state index in [9.17, 15) is 10.2 Å². The van der Waals surface area contributed by atoms with Crippen molar-refractivity contribution in [2.45, 2.75) is 30.8 Å². The van der Waals surface area contributed by atoms with Gasteiger partial charge in [-0.25, -0.2) is 0 Å². The summed E-state index contributed by atoms with van der Waals surface area (Å²) in [7, 11) is 0. The second kappa shape index (κ2) is 2.42. The van der Waals surface area contributed by atoms with Crippen molar-refractivity contribution in [1.29, 1.82) is 0 Å². The number of aliphatic hydroxyl groups is 2. The highest BCUT2D eigenvalue weighted by molar-refractivity contribution is 5.01. The van der Waals surface area contributed by atoms with Gasteiger partial charge in [0.25, 0.3) is 0 Å². The van der Waals surface area contributed by atoms with Gasteiger partial charge in [-0.3, -0.25) is 0 Å². The molecule has 0 aromatic heterocycles. The highest BCUT2D eigenvalue weighted by Crippen LogP contribution is 2.38. The van der Waals surface area contributed by atoms with Crippen molar-refractivity contribution in [2.24, 2.45) is 11.7 Å². The first kappa shape index (κ1) is 7.49. The molecule has 2 aliphatic rings. The Kier molecular flexibility index (Phi) is 1.64. The lowest BCUT2D eigenvalue weighted by Gasteiger charge is -2.24. The van der Waals surface area contributed by atoms with E-state index in [0.717, 1.165) is 6.42 Å². The molecular weight excluding hydrogens is 146 g/mol. The molecule has 64 valence electrons. The minimum Gasteiger partial charge on any atom is -0.388 e. The van der Waals surface area contributed by atoms with Crippen molar-refractivity contribution in [2.75, 3.05) is 6.54 Å². The van der Waals surface area contributed by atoms with Crippen LogP contribution in [0.1, 0.15) is 6.42 Å². The Balaban J connectivity index is 2.10. The van der Waals surface area contributed by atoms with E-state index in [2.05, 4.69) is 0 Å². The van der Waals surface area contributed by atoms with E-state index in [1.165, 1.54) is 0 Å². The fourth-order valence-corrected chi connectivity index (χ4v) is 2.02. The minimum absolute atomic E-state index is 0.177. The number of aliphatic hydroxyl groups excluding tert-OH is 2. The van der Waals surface area contributed by atoms with Gasteiger partial charge in [-0.05, 0) is 13.0 Å². The summed E-state index contributed by atoms with van der Waals surface area (Å²) in [6.45, 7) is 0.533. The van der Waals surface area contributed by atoms with Crippen LogP contribution >= 0.6 is 0 Å². The quantitative estimate of drug-likeness (QED) is 0.433. The predicted octanol–water partition coefficient (Wildman–Crippen LogP) is -1.55. The van der Waals surface area contributed by atoms with E-state index in [-0.39, 0.29) is 18.1 Å². The lowest BCUT2D eigenvalue weighted by molar-refractivity contribution is -0.00246. The van der Waals surface area contributed by atoms with Crippen LogP contribution in [0.25, 0.3) is 0 Å². The molecule has 4 N–H and O–H groups in total. The lowest BCUT2D eigenvalue weighted by Crippen LogP contribution is -2.43. The zero-order valence-electron chi connectivity index (χ0n) is 6.18. The van der Waals surface area contributed by atoms with Crippen LogP contribution in [0.5, 0.6) is 0 Å². The molecule has 0 amide bonds. The fourth-order valence-electron chi connectivity index (χ4n) is 2.02. The third kappa shape index (κ3) is 0.906. The monoisotopic (exact) mass is 159 g/mol. The van der Waals surface area contributed by atoms with E-state index in [0.29, 0.717) is 6.54 Å².